The molecule has 1 atom stereocenters. The van der Waals surface area contributed by atoms with E-state index in [0.29, 0.717) is 38.6 Å². The van der Waals surface area contributed by atoms with E-state index in [9.17, 15) is 9.59 Å². The molecule has 26 heavy (non-hydrogen) atoms. The van der Waals surface area contributed by atoms with Gasteiger partial charge in [0.15, 0.2) is 0 Å². The van der Waals surface area contributed by atoms with Crippen LogP contribution in [0.3, 0.4) is 0 Å². The molecule has 2 rings (SSSR count). The summed E-state index contributed by atoms with van der Waals surface area (Å²) >= 11 is 0. The number of ether oxygens (including phenoxy) is 2. The first-order valence-corrected chi connectivity index (χ1v) is 9.49. The normalized spacial score (nSPS) is 17.0. The minimum atomic E-state index is 0.00861. The fourth-order valence-electron chi connectivity index (χ4n) is 3.02. The van der Waals surface area contributed by atoms with Gasteiger partial charge in [0.05, 0.1) is 6.61 Å². The Labute approximate surface area is 155 Å². The van der Waals surface area contributed by atoms with Crippen molar-refractivity contribution in [1.29, 1.82) is 0 Å². The van der Waals surface area contributed by atoms with Gasteiger partial charge in [0.1, 0.15) is 19.0 Å². The number of hydrogen-bond acceptors (Lipinski definition) is 4. The number of nitrogens with one attached hydrogen (secondary N) is 1. The fraction of sp³-hybridized carbons (Fsp3) is 0.600. The first-order chi connectivity index (χ1) is 12.7. The number of hydrogen-bond donors (Lipinski definition) is 1. The van der Waals surface area contributed by atoms with Crippen LogP contribution < -0.4 is 10.1 Å². The fourth-order valence-corrected chi connectivity index (χ4v) is 3.02. The number of likely N-dealkylation sites (tertiary alicyclic amines) is 1. The minimum absolute atomic E-state index is 0.00861. The molecular weight excluding hydrogens is 332 g/mol. The average molecular weight is 362 g/mol. The molecule has 0 radical (unpaired) electrons. The second-order valence-electron chi connectivity index (χ2n) is 6.62. The van der Waals surface area contributed by atoms with Crippen LogP contribution >= 0.6 is 0 Å². The smallest absolute Gasteiger partial charge is 0.248 e. The van der Waals surface area contributed by atoms with E-state index < -0.39 is 0 Å². The topological polar surface area (TPSA) is 67.9 Å². The highest BCUT2D eigenvalue weighted by Crippen LogP contribution is 2.16. The molecule has 0 saturated carbocycles. The standard InChI is InChI=1S/C20H30N2O4/c1-2-7-19(23)21-14-17-8-6-11-22(15-17)20(24)16-25-12-13-26-18-9-4-3-5-10-18/h3-5,9-10,17H,2,6-8,11-16H2,1H3,(H,21,23)/t17-/m0/s1. The second-order valence-corrected chi connectivity index (χ2v) is 6.62. The van der Waals surface area contributed by atoms with E-state index >= 15 is 0 Å². The first-order valence-electron chi connectivity index (χ1n) is 9.49. The zero-order chi connectivity index (χ0) is 18.6. The molecular formula is C20H30N2O4. The van der Waals surface area contributed by atoms with Gasteiger partial charge in [-0.05, 0) is 37.3 Å². The van der Waals surface area contributed by atoms with Crippen LogP contribution in [0, 0.1) is 5.92 Å². The molecule has 0 spiro atoms. The van der Waals surface area contributed by atoms with E-state index in [0.717, 1.165) is 31.6 Å². The highest BCUT2D eigenvalue weighted by atomic mass is 16.5. The number of carbonyl (C=O) groups excluding carboxylic acids is 2. The highest BCUT2D eigenvalue weighted by Gasteiger charge is 2.23. The van der Waals surface area contributed by atoms with Crippen molar-refractivity contribution >= 4 is 11.8 Å². The Morgan fingerprint density at radius 3 is 2.81 bits per heavy atom. The Kier molecular flexibility index (Phi) is 8.96. The van der Waals surface area contributed by atoms with Gasteiger partial charge < -0.3 is 19.7 Å². The van der Waals surface area contributed by atoms with E-state index in [1.165, 1.54) is 0 Å². The predicted molar refractivity (Wildman–Crippen MR) is 100.0 cm³/mol. The van der Waals surface area contributed by atoms with Crippen molar-refractivity contribution in [3.63, 3.8) is 0 Å². The third kappa shape index (κ3) is 7.44. The van der Waals surface area contributed by atoms with Crippen LogP contribution in [0.15, 0.2) is 30.3 Å². The number of amides is 2. The largest absolute Gasteiger partial charge is 0.491 e. The summed E-state index contributed by atoms with van der Waals surface area (Å²) < 4.78 is 11.0. The summed E-state index contributed by atoms with van der Waals surface area (Å²) in [5.41, 5.74) is 0. The molecule has 2 amide bonds. The van der Waals surface area contributed by atoms with Crippen LogP contribution in [0.4, 0.5) is 0 Å². The van der Waals surface area contributed by atoms with Crippen molar-refractivity contribution in [1.82, 2.24) is 10.2 Å². The zero-order valence-electron chi connectivity index (χ0n) is 15.6. The van der Waals surface area contributed by atoms with E-state index in [2.05, 4.69) is 5.32 Å². The van der Waals surface area contributed by atoms with Crippen LogP contribution in [0.2, 0.25) is 0 Å². The van der Waals surface area contributed by atoms with Gasteiger partial charge in [0.2, 0.25) is 11.8 Å². The van der Waals surface area contributed by atoms with Gasteiger partial charge in [-0.15, -0.1) is 0 Å². The van der Waals surface area contributed by atoms with Crippen molar-refractivity contribution in [2.45, 2.75) is 32.6 Å². The lowest BCUT2D eigenvalue weighted by atomic mass is 9.98. The SMILES string of the molecule is CCCC(=O)NC[C@@H]1CCCN(C(=O)COCCOc2ccccc2)C1. The Hall–Kier alpha value is -2.08. The number of nitrogens with zero attached hydrogens (tertiary/aromatic N) is 1. The molecule has 0 aliphatic carbocycles. The average Bonchev–Trinajstić information content (AvgIpc) is 2.67. The van der Waals surface area contributed by atoms with Gasteiger partial charge in [-0.25, -0.2) is 0 Å². The quantitative estimate of drug-likeness (QED) is 0.648. The van der Waals surface area contributed by atoms with Crippen molar-refractivity contribution < 1.29 is 19.1 Å². The maximum absolute atomic E-state index is 12.3. The van der Waals surface area contributed by atoms with Gasteiger partial charge in [-0.3, -0.25) is 9.59 Å². The van der Waals surface area contributed by atoms with Crippen LogP contribution in [0.5, 0.6) is 5.75 Å². The summed E-state index contributed by atoms with van der Waals surface area (Å²) in [5, 5.41) is 2.96. The molecule has 1 aromatic carbocycles. The van der Waals surface area contributed by atoms with Gasteiger partial charge in [-0.1, -0.05) is 25.1 Å². The molecule has 1 aromatic rings. The Morgan fingerprint density at radius 1 is 1.23 bits per heavy atom. The number of benzene rings is 1. The molecule has 6 nitrogen and oxygen atoms in total. The number of carbonyl (C=O) groups is 2. The minimum Gasteiger partial charge on any atom is -0.491 e. The molecule has 0 bridgehead atoms. The first kappa shape index (κ1) is 20.2. The predicted octanol–water partition coefficient (Wildman–Crippen LogP) is 2.24. The maximum Gasteiger partial charge on any atom is 0.248 e. The molecule has 6 heteroatoms. The third-order valence-corrected chi connectivity index (χ3v) is 4.40. The number of piperidine rings is 1. The van der Waals surface area contributed by atoms with Gasteiger partial charge in [-0.2, -0.15) is 0 Å². The number of para-hydroxylation sites is 1. The molecule has 1 saturated heterocycles. The molecule has 1 heterocycles. The van der Waals surface area contributed by atoms with Gasteiger partial charge >= 0.3 is 0 Å². The summed E-state index contributed by atoms with van der Waals surface area (Å²) in [5.74, 6) is 1.23. The monoisotopic (exact) mass is 362 g/mol. The molecule has 1 fully saturated rings. The van der Waals surface area contributed by atoms with E-state index in [4.69, 9.17) is 9.47 Å². The summed E-state index contributed by atoms with van der Waals surface area (Å²) in [6.07, 6.45) is 3.43. The Balaban J connectivity index is 1.60. The van der Waals surface area contributed by atoms with Crippen molar-refractivity contribution in [3.8, 4) is 5.75 Å². The van der Waals surface area contributed by atoms with E-state index in [1.54, 1.807) is 0 Å². The summed E-state index contributed by atoms with van der Waals surface area (Å²) in [4.78, 5) is 25.7. The lowest BCUT2D eigenvalue weighted by Gasteiger charge is -2.32. The lowest BCUT2D eigenvalue weighted by molar-refractivity contribution is -0.138. The van der Waals surface area contributed by atoms with Crippen LogP contribution in [-0.4, -0.2) is 56.2 Å². The Morgan fingerprint density at radius 2 is 2.04 bits per heavy atom. The molecule has 1 N–H and O–H groups in total. The van der Waals surface area contributed by atoms with Gasteiger partial charge in [0, 0.05) is 26.1 Å². The summed E-state index contributed by atoms with van der Waals surface area (Å²) in [6, 6.07) is 9.54. The second kappa shape index (κ2) is 11.5. The van der Waals surface area contributed by atoms with E-state index in [1.807, 2.05) is 42.2 Å². The van der Waals surface area contributed by atoms with Crippen LogP contribution in [0.25, 0.3) is 0 Å². The van der Waals surface area contributed by atoms with Crippen LogP contribution in [0.1, 0.15) is 32.6 Å². The molecule has 0 unspecified atom stereocenters. The Bertz CT molecular complexity index is 550. The van der Waals surface area contributed by atoms with Crippen molar-refractivity contribution in [3.05, 3.63) is 30.3 Å². The highest BCUT2D eigenvalue weighted by molar-refractivity contribution is 5.77. The molecule has 1 aliphatic rings. The maximum atomic E-state index is 12.3. The van der Waals surface area contributed by atoms with Crippen LogP contribution in [-0.2, 0) is 14.3 Å². The third-order valence-electron chi connectivity index (χ3n) is 4.40. The number of rotatable bonds is 10. The summed E-state index contributed by atoms with van der Waals surface area (Å²) in [6.45, 7) is 4.97. The van der Waals surface area contributed by atoms with Crippen molar-refractivity contribution in [2.24, 2.45) is 5.92 Å². The molecule has 144 valence electrons. The van der Waals surface area contributed by atoms with Crippen molar-refractivity contribution in [2.75, 3.05) is 39.5 Å². The lowest BCUT2D eigenvalue weighted by Crippen LogP contribution is -2.45. The van der Waals surface area contributed by atoms with E-state index in [-0.39, 0.29) is 18.4 Å². The van der Waals surface area contributed by atoms with Gasteiger partial charge in [0.25, 0.3) is 0 Å². The molecule has 0 aromatic heterocycles. The molecule has 1 aliphatic heterocycles. The summed E-state index contributed by atoms with van der Waals surface area (Å²) in [7, 11) is 0. The zero-order valence-corrected chi connectivity index (χ0v) is 15.6.